The van der Waals surface area contributed by atoms with Crippen LogP contribution in [0.5, 0.6) is 0 Å². The molecular formula is C33H59O8P. The van der Waals surface area contributed by atoms with Crippen molar-refractivity contribution in [3.05, 3.63) is 36.5 Å². The van der Waals surface area contributed by atoms with Gasteiger partial charge in [-0.1, -0.05) is 121 Å². The summed E-state index contributed by atoms with van der Waals surface area (Å²) in [4.78, 5) is 42.4. The standard InChI is InChI=1S/C33H59O8P/c1-3-5-7-9-11-13-14-15-16-17-18-20-21-23-25-27-32(34)39-29-31(30-40-42(36,37)38)41-33(35)28-26-24-22-19-12-10-8-6-4-2/h5,7,11,13,15-16,31H,3-4,6,8-10,12,14,17-30H2,1-2H3,(H2,36,37,38)/b7-5+,13-11+,16-15+/t31-/m1/s1. The maximum Gasteiger partial charge on any atom is 0.469 e. The van der Waals surface area contributed by atoms with Crippen molar-refractivity contribution in [1.29, 1.82) is 0 Å². The second kappa shape index (κ2) is 29.3. The number of unbranched alkanes of at least 4 members (excludes halogenated alkanes) is 13. The minimum atomic E-state index is -4.74. The number of esters is 2. The van der Waals surface area contributed by atoms with Crippen molar-refractivity contribution in [2.24, 2.45) is 0 Å². The lowest BCUT2D eigenvalue weighted by Crippen LogP contribution is -2.29. The molecule has 0 bridgehead atoms. The molecule has 0 saturated carbocycles. The van der Waals surface area contributed by atoms with E-state index in [2.05, 4.69) is 54.8 Å². The van der Waals surface area contributed by atoms with E-state index < -0.39 is 32.5 Å². The van der Waals surface area contributed by atoms with Crippen LogP contribution in [0.2, 0.25) is 0 Å². The molecule has 1 atom stereocenters. The van der Waals surface area contributed by atoms with Crippen molar-refractivity contribution in [1.82, 2.24) is 0 Å². The molecule has 0 unspecified atom stereocenters. The Morgan fingerprint density at radius 3 is 1.71 bits per heavy atom. The summed E-state index contributed by atoms with van der Waals surface area (Å²) in [6, 6.07) is 0. The smallest absolute Gasteiger partial charge is 0.462 e. The van der Waals surface area contributed by atoms with Gasteiger partial charge in [-0.2, -0.15) is 0 Å². The zero-order valence-corrected chi connectivity index (χ0v) is 27.3. The summed E-state index contributed by atoms with van der Waals surface area (Å²) in [5.41, 5.74) is 0. The first-order valence-corrected chi connectivity index (χ1v) is 17.8. The summed E-state index contributed by atoms with van der Waals surface area (Å²) in [6.45, 7) is 3.50. The van der Waals surface area contributed by atoms with E-state index in [4.69, 9.17) is 19.3 Å². The van der Waals surface area contributed by atoms with Crippen LogP contribution < -0.4 is 0 Å². The minimum Gasteiger partial charge on any atom is -0.462 e. The largest absolute Gasteiger partial charge is 0.469 e. The highest BCUT2D eigenvalue weighted by molar-refractivity contribution is 7.46. The number of phosphoric ester groups is 1. The molecule has 0 saturated heterocycles. The van der Waals surface area contributed by atoms with Crippen molar-refractivity contribution >= 4 is 19.8 Å². The zero-order valence-electron chi connectivity index (χ0n) is 26.4. The lowest BCUT2D eigenvalue weighted by Gasteiger charge is -2.18. The molecule has 0 aromatic rings. The van der Waals surface area contributed by atoms with Gasteiger partial charge in [0, 0.05) is 12.8 Å². The molecule has 0 fully saturated rings. The molecule has 8 nitrogen and oxygen atoms in total. The van der Waals surface area contributed by atoms with Crippen LogP contribution in [0, 0.1) is 0 Å². The molecule has 0 spiro atoms. The van der Waals surface area contributed by atoms with Gasteiger partial charge < -0.3 is 19.3 Å². The minimum absolute atomic E-state index is 0.208. The molecule has 2 N–H and O–H groups in total. The zero-order chi connectivity index (χ0) is 31.2. The van der Waals surface area contributed by atoms with Gasteiger partial charge in [0.25, 0.3) is 0 Å². The molecule has 0 radical (unpaired) electrons. The fourth-order valence-electron chi connectivity index (χ4n) is 4.27. The Hall–Kier alpha value is -1.73. The highest BCUT2D eigenvalue weighted by Gasteiger charge is 2.22. The number of rotatable bonds is 29. The summed E-state index contributed by atoms with van der Waals surface area (Å²) in [5.74, 6) is -0.910. The van der Waals surface area contributed by atoms with Crippen LogP contribution in [0.25, 0.3) is 0 Å². The molecule has 244 valence electrons. The molecule has 42 heavy (non-hydrogen) atoms. The highest BCUT2D eigenvalue weighted by atomic mass is 31.2. The van der Waals surface area contributed by atoms with Crippen molar-refractivity contribution in [2.75, 3.05) is 13.2 Å². The Balaban J connectivity index is 4.04. The highest BCUT2D eigenvalue weighted by Crippen LogP contribution is 2.35. The predicted octanol–water partition coefficient (Wildman–Crippen LogP) is 9.06. The third-order valence-corrected chi connectivity index (χ3v) is 7.16. The van der Waals surface area contributed by atoms with E-state index in [1.54, 1.807) is 0 Å². The number of carbonyl (C=O) groups is 2. The monoisotopic (exact) mass is 614 g/mol. The summed E-state index contributed by atoms with van der Waals surface area (Å²) in [6.07, 6.45) is 31.6. The summed E-state index contributed by atoms with van der Waals surface area (Å²) in [5, 5.41) is 0. The summed E-state index contributed by atoms with van der Waals surface area (Å²) < 4.78 is 26.1. The molecule has 0 rings (SSSR count). The third-order valence-electron chi connectivity index (χ3n) is 6.67. The molecule has 0 aromatic carbocycles. The number of carbonyl (C=O) groups excluding carboxylic acids is 2. The maximum atomic E-state index is 12.2. The van der Waals surface area contributed by atoms with Crippen molar-refractivity contribution in [3.63, 3.8) is 0 Å². The van der Waals surface area contributed by atoms with Crippen LogP contribution >= 0.6 is 7.82 Å². The van der Waals surface area contributed by atoms with Gasteiger partial charge in [-0.15, -0.1) is 0 Å². The molecule has 0 aliphatic carbocycles. The maximum absolute atomic E-state index is 12.2. The second-order valence-electron chi connectivity index (χ2n) is 10.8. The average Bonchev–Trinajstić information content (AvgIpc) is 2.95. The lowest BCUT2D eigenvalue weighted by atomic mass is 10.1. The number of ether oxygens (including phenoxy) is 2. The molecule has 9 heteroatoms. The van der Waals surface area contributed by atoms with Gasteiger partial charge in [-0.25, -0.2) is 4.57 Å². The Morgan fingerprint density at radius 2 is 1.14 bits per heavy atom. The number of hydrogen-bond acceptors (Lipinski definition) is 6. The van der Waals surface area contributed by atoms with E-state index in [0.29, 0.717) is 12.8 Å². The third kappa shape index (κ3) is 31.2. The fourth-order valence-corrected chi connectivity index (χ4v) is 4.63. The first kappa shape index (κ1) is 40.3. The van der Waals surface area contributed by atoms with Crippen LogP contribution in [0.3, 0.4) is 0 Å². The van der Waals surface area contributed by atoms with E-state index in [0.717, 1.165) is 70.6 Å². The van der Waals surface area contributed by atoms with Gasteiger partial charge in [0.15, 0.2) is 6.10 Å². The Bertz CT molecular complexity index is 787. The first-order valence-electron chi connectivity index (χ1n) is 16.3. The van der Waals surface area contributed by atoms with Gasteiger partial charge in [-0.3, -0.25) is 14.1 Å². The van der Waals surface area contributed by atoms with Gasteiger partial charge in [0.05, 0.1) is 6.61 Å². The van der Waals surface area contributed by atoms with Crippen LogP contribution in [-0.4, -0.2) is 41.0 Å². The van der Waals surface area contributed by atoms with E-state index in [1.807, 2.05) is 0 Å². The van der Waals surface area contributed by atoms with Crippen LogP contribution in [0.1, 0.15) is 142 Å². The topological polar surface area (TPSA) is 119 Å². The Kier molecular flexibility index (Phi) is 28.1. The van der Waals surface area contributed by atoms with Gasteiger partial charge >= 0.3 is 19.8 Å². The Labute approximate surface area is 255 Å². The summed E-state index contributed by atoms with van der Waals surface area (Å²) >= 11 is 0. The molecule has 0 amide bonds. The SMILES string of the molecule is CC/C=C/C/C=C/C/C=C/CCCCCCCC(=O)OC[C@H](COP(=O)(O)O)OC(=O)CCCCCCCCCCC. The van der Waals surface area contributed by atoms with Crippen molar-refractivity contribution in [2.45, 2.75) is 148 Å². The molecule has 0 aromatic heterocycles. The van der Waals surface area contributed by atoms with E-state index in [1.165, 1.54) is 32.1 Å². The lowest BCUT2D eigenvalue weighted by molar-refractivity contribution is -0.161. The van der Waals surface area contributed by atoms with E-state index >= 15 is 0 Å². The number of phosphoric acid groups is 1. The van der Waals surface area contributed by atoms with E-state index in [9.17, 15) is 14.2 Å². The average molecular weight is 615 g/mol. The quantitative estimate of drug-likeness (QED) is 0.0371. The van der Waals surface area contributed by atoms with Crippen LogP contribution in [0.4, 0.5) is 0 Å². The molecular weight excluding hydrogens is 555 g/mol. The fraction of sp³-hybridized carbons (Fsp3) is 0.758. The van der Waals surface area contributed by atoms with Crippen molar-refractivity contribution in [3.8, 4) is 0 Å². The van der Waals surface area contributed by atoms with Crippen LogP contribution in [-0.2, 0) is 28.2 Å². The normalized spacial score (nSPS) is 13.0. The van der Waals surface area contributed by atoms with Gasteiger partial charge in [0.2, 0.25) is 0 Å². The van der Waals surface area contributed by atoms with Crippen LogP contribution in [0.15, 0.2) is 36.5 Å². The molecule has 0 aliphatic rings. The molecule has 0 aliphatic heterocycles. The predicted molar refractivity (Wildman–Crippen MR) is 170 cm³/mol. The van der Waals surface area contributed by atoms with Gasteiger partial charge in [-0.05, 0) is 44.9 Å². The van der Waals surface area contributed by atoms with Crippen molar-refractivity contribution < 1.29 is 37.9 Å². The summed E-state index contributed by atoms with van der Waals surface area (Å²) in [7, 11) is -4.74. The Morgan fingerprint density at radius 1 is 0.643 bits per heavy atom. The molecule has 0 heterocycles. The number of hydrogen-bond donors (Lipinski definition) is 2. The van der Waals surface area contributed by atoms with E-state index in [-0.39, 0.29) is 19.4 Å². The first-order chi connectivity index (χ1) is 20.3. The number of allylic oxidation sites excluding steroid dienone is 6. The second-order valence-corrected chi connectivity index (χ2v) is 12.0. The van der Waals surface area contributed by atoms with Gasteiger partial charge in [0.1, 0.15) is 6.61 Å².